The van der Waals surface area contributed by atoms with Crippen LogP contribution < -0.4 is 15.5 Å². The van der Waals surface area contributed by atoms with E-state index in [0.717, 1.165) is 36.1 Å². The van der Waals surface area contributed by atoms with Gasteiger partial charge in [-0.3, -0.25) is 0 Å². The smallest absolute Gasteiger partial charge is 0.231 e. The fraction of sp³-hybridized carbons (Fsp3) is 0.526. The first-order valence-corrected chi connectivity index (χ1v) is 9.50. The summed E-state index contributed by atoms with van der Waals surface area (Å²) >= 11 is 5.36. The van der Waals surface area contributed by atoms with E-state index < -0.39 is 0 Å². The summed E-state index contributed by atoms with van der Waals surface area (Å²) in [5.74, 6) is 4.56. The minimum atomic E-state index is 0.482. The molecule has 3 rings (SSSR count). The normalized spacial score (nSPS) is 20.1. The highest BCUT2D eigenvalue weighted by Crippen LogP contribution is 2.26. The lowest BCUT2D eigenvalue weighted by Crippen LogP contribution is -2.39. The topological polar surface area (TPSA) is 66.2 Å². The summed E-state index contributed by atoms with van der Waals surface area (Å²) in [6, 6.07) is 5.91. The van der Waals surface area contributed by atoms with Gasteiger partial charge >= 0.3 is 0 Å². The van der Waals surface area contributed by atoms with E-state index in [1.54, 1.807) is 0 Å². The standard InChI is InChI=1S/C19H27N5OS/c1-12-7-13(2)11-24(10-12)17-8-14(3)21-18(22-17)23-19(26)20-9-16-6-5-15(4)25-16/h5-6,8,12-13H,7,9-11H2,1-4H3,(H2,20,21,22,23,26)/t12-,13-/m0/s1. The third kappa shape index (κ3) is 4.94. The lowest BCUT2D eigenvalue weighted by atomic mass is 9.92. The predicted molar refractivity (Wildman–Crippen MR) is 108 cm³/mol. The molecule has 2 atom stereocenters. The Bertz CT molecular complexity index is 765. The second-order valence-corrected chi connectivity index (χ2v) is 7.77. The summed E-state index contributed by atoms with van der Waals surface area (Å²) in [4.78, 5) is 11.5. The van der Waals surface area contributed by atoms with Crippen LogP contribution in [0.25, 0.3) is 0 Å². The van der Waals surface area contributed by atoms with E-state index in [0.29, 0.717) is 29.4 Å². The number of nitrogens with zero attached hydrogens (tertiary/aromatic N) is 3. The highest BCUT2D eigenvalue weighted by Gasteiger charge is 2.23. The maximum absolute atomic E-state index is 5.53. The van der Waals surface area contributed by atoms with Gasteiger partial charge in [0.2, 0.25) is 5.95 Å². The highest BCUT2D eigenvalue weighted by atomic mass is 32.1. The Labute approximate surface area is 160 Å². The Hall–Kier alpha value is -2.15. The average molecular weight is 374 g/mol. The number of furan rings is 1. The molecule has 0 aromatic carbocycles. The van der Waals surface area contributed by atoms with Crippen LogP contribution in [0.4, 0.5) is 11.8 Å². The molecule has 0 aliphatic carbocycles. The molecular formula is C19H27N5OS. The van der Waals surface area contributed by atoms with Crippen LogP contribution in [0.5, 0.6) is 0 Å². The van der Waals surface area contributed by atoms with Crippen LogP contribution >= 0.6 is 12.2 Å². The molecule has 7 heteroatoms. The minimum absolute atomic E-state index is 0.482. The average Bonchev–Trinajstić information content (AvgIpc) is 2.97. The van der Waals surface area contributed by atoms with Gasteiger partial charge in [-0.25, -0.2) is 4.98 Å². The molecule has 1 aliphatic heterocycles. The molecule has 2 N–H and O–H groups in total. The van der Waals surface area contributed by atoms with Crippen LogP contribution in [0.15, 0.2) is 22.6 Å². The van der Waals surface area contributed by atoms with Gasteiger partial charge in [-0.15, -0.1) is 0 Å². The molecule has 3 heterocycles. The molecule has 0 radical (unpaired) electrons. The van der Waals surface area contributed by atoms with Crippen molar-refractivity contribution in [2.45, 2.75) is 40.7 Å². The van der Waals surface area contributed by atoms with E-state index in [-0.39, 0.29) is 0 Å². The first kappa shape index (κ1) is 18.6. The number of aryl methyl sites for hydroxylation is 2. The molecule has 140 valence electrons. The van der Waals surface area contributed by atoms with E-state index in [9.17, 15) is 0 Å². The van der Waals surface area contributed by atoms with Crippen molar-refractivity contribution >= 4 is 29.1 Å². The first-order valence-electron chi connectivity index (χ1n) is 9.10. The first-order chi connectivity index (χ1) is 12.4. The van der Waals surface area contributed by atoms with Crippen LogP contribution in [-0.2, 0) is 6.54 Å². The molecule has 1 aliphatic rings. The monoisotopic (exact) mass is 373 g/mol. The van der Waals surface area contributed by atoms with Gasteiger partial charge < -0.3 is 20.0 Å². The zero-order valence-corrected chi connectivity index (χ0v) is 16.7. The molecular weight excluding hydrogens is 346 g/mol. The van der Waals surface area contributed by atoms with Crippen LogP contribution in [-0.4, -0.2) is 28.2 Å². The molecule has 1 saturated heterocycles. The second-order valence-electron chi connectivity index (χ2n) is 7.36. The van der Waals surface area contributed by atoms with Gasteiger partial charge in [-0.05, 0) is 56.5 Å². The van der Waals surface area contributed by atoms with Crippen molar-refractivity contribution < 1.29 is 4.42 Å². The molecule has 2 aromatic heterocycles. The highest BCUT2D eigenvalue weighted by molar-refractivity contribution is 7.80. The molecule has 26 heavy (non-hydrogen) atoms. The molecule has 0 saturated carbocycles. The molecule has 0 unspecified atom stereocenters. The molecule has 0 bridgehead atoms. The second kappa shape index (κ2) is 8.03. The summed E-state index contributed by atoms with van der Waals surface area (Å²) < 4.78 is 5.53. The molecule has 1 fully saturated rings. The largest absolute Gasteiger partial charge is 0.465 e. The van der Waals surface area contributed by atoms with Crippen LogP contribution in [0, 0.1) is 25.7 Å². The zero-order chi connectivity index (χ0) is 18.7. The van der Waals surface area contributed by atoms with Crippen molar-refractivity contribution in [2.75, 3.05) is 23.3 Å². The van der Waals surface area contributed by atoms with Crippen LogP contribution in [0.3, 0.4) is 0 Å². The fourth-order valence-corrected chi connectivity index (χ4v) is 3.68. The number of thiocarbonyl (C=S) groups is 1. The van der Waals surface area contributed by atoms with Gasteiger partial charge in [0.1, 0.15) is 17.3 Å². The quantitative estimate of drug-likeness (QED) is 0.793. The molecule has 2 aromatic rings. The summed E-state index contributed by atoms with van der Waals surface area (Å²) in [5.41, 5.74) is 0.924. The number of hydrogen-bond donors (Lipinski definition) is 2. The molecule has 0 amide bonds. The third-order valence-electron chi connectivity index (χ3n) is 4.48. The van der Waals surface area contributed by atoms with Gasteiger partial charge in [0.25, 0.3) is 0 Å². The maximum atomic E-state index is 5.53. The van der Waals surface area contributed by atoms with E-state index in [1.807, 2.05) is 32.0 Å². The lowest BCUT2D eigenvalue weighted by molar-refractivity contribution is 0.355. The van der Waals surface area contributed by atoms with E-state index in [1.165, 1.54) is 6.42 Å². The summed E-state index contributed by atoms with van der Waals surface area (Å²) in [6.07, 6.45) is 1.27. The van der Waals surface area contributed by atoms with Gasteiger partial charge in [0, 0.05) is 24.8 Å². The Morgan fingerprint density at radius 2 is 1.96 bits per heavy atom. The van der Waals surface area contributed by atoms with Crippen molar-refractivity contribution in [3.63, 3.8) is 0 Å². The number of hydrogen-bond acceptors (Lipinski definition) is 5. The third-order valence-corrected chi connectivity index (χ3v) is 4.72. The SMILES string of the molecule is Cc1cc(N2C[C@@H](C)C[C@H](C)C2)nc(NC(=S)NCc2ccc(C)o2)n1. The van der Waals surface area contributed by atoms with Crippen molar-refractivity contribution in [3.8, 4) is 0 Å². The van der Waals surface area contributed by atoms with Crippen molar-refractivity contribution in [2.24, 2.45) is 11.8 Å². The van der Waals surface area contributed by atoms with Gasteiger partial charge in [0.15, 0.2) is 5.11 Å². The Morgan fingerprint density at radius 3 is 2.62 bits per heavy atom. The minimum Gasteiger partial charge on any atom is -0.465 e. The van der Waals surface area contributed by atoms with Crippen molar-refractivity contribution in [1.29, 1.82) is 0 Å². The Kier molecular flexibility index (Phi) is 5.76. The van der Waals surface area contributed by atoms with Gasteiger partial charge in [-0.2, -0.15) is 4.98 Å². The van der Waals surface area contributed by atoms with Crippen LogP contribution in [0.2, 0.25) is 0 Å². The summed E-state index contributed by atoms with van der Waals surface area (Å²) in [7, 11) is 0. The van der Waals surface area contributed by atoms with E-state index >= 15 is 0 Å². The molecule has 0 spiro atoms. The molecule has 6 nitrogen and oxygen atoms in total. The lowest BCUT2D eigenvalue weighted by Gasteiger charge is -2.36. The number of rotatable bonds is 4. The fourth-order valence-electron chi connectivity index (χ4n) is 3.51. The Balaban J connectivity index is 1.64. The van der Waals surface area contributed by atoms with E-state index in [4.69, 9.17) is 16.6 Å². The summed E-state index contributed by atoms with van der Waals surface area (Å²) in [5, 5.41) is 6.70. The maximum Gasteiger partial charge on any atom is 0.231 e. The van der Waals surface area contributed by atoms with Crippen molar-refractivity contribution in [3.05, 3.63) is 35.4 Å². The number of aromatic nitrogens is 2. The van der Waals surface area contributed by atoms with Gasteiger partial charge in [-0.1, -0.05) is 13.8 Å². The predicted octanol–water partition coefficient (Wildman–Crippen LogP) is 3.66. The Morgan fingerprint density at radius 1 is 1.23 bits per heavy atom. The van der Waals surface area contributed by atoms with Gasteiger partial charge in [0.05, 0.1) is 6.54 Å². The number of anilines is 2. The van der Waals surface area contributed by atoms with Crippen molar-refractivity contribution in [1.82, 2.24) is 15.3 Å². The zero-order valence-electron chi connectivity index (χ0n) is 15.9. The summed E-state index contributed by atoms with van der Waals surface area (Å²) in [6.45, 7) is 11.1. The number of piperidine rings is 1. The van der Waals surface area contributed by atoms with E-state index in [2.05, 4.69) is 39.3 Å². The number of nitrogens with one attached hydrogen (secondary N) is 2. The van der Waals surface area contributed by atoms with Crippen LogP contribution in [0.1, 0.15) is 37.5 Å².